The molecule has 1 aromatic rings. The third kappa shape index (κ3) is 1.72. The van der Waals surface area contributed by atoms with Crippen molar-refractivity contribution in [1.82, 2.24) is 0 Å². The first kappa shape index (κ1) is 12.1. The molecule has 88 valence electrons. The van der Waals surface area contributed by atoms with Crippen LogP contribution in [0.4, 0.5) is 0 Å². The van der Waals surface area contributed by atoms with Crippen LogP contribution in [0, 0.1) is 5.41 Å². The minimum Gasteiger partial charge on any atom is -0.393 e. The predicted octanol–water partition coefficient (Wildman–Crippen LogP) is 4.10. The van der Waals surface area contributed by atoms with E-state index in [9.17, 15) is 5.11 Å². The monoisotopic (exact) mass is 282 g/mol. The Morgan fingerprint density at radius 1 is 1.38 bits per heavy atom. The van der Waals surface area contributed by atoms with E-state index in [-0.39, 0.29) is 11.5 Å². The molecule has 2 atom stereocenters. The first-order chi connectivity index (χ1) is 7.64. The molecule has 1 aromatic carbocycles. The lowest BCUT2D eigenvalue weighted by atomic mass is 9.53. The predicted molar refractivity (Wildman–Crippen MR) is 70.5 cm³/mol. The van der Waals surface area contributed by atoms with Crippen molar-refractivity contribution >= 4 is 15.9 Å². The van der Waals surface area contributed by atoms with Crippen molar-refractivity contribution in [2.75, 3.05) is 0 Å². The normalized spacial score (nSPS) is 27.5. The van der Waals surface area contributed by atoms with Crippen LogP contribution >= 0.6 is 15.9 Å². The maximum Gasteiger partial charge on any atom is 0.0608 e. The van der Waals surface area contributed by atoms with Gasteiger partial charge in [0.1, 0.15) is 0 Å². The molecule has 2 heteroatoms. The molecule has 0 aliphatic heterocycles. The number of halogens is 1. The summed E-state index contributed by atoms with van der Waals surface area (Å²) in [6.45, 7) is 4.38. The van der Waals surface area contributed by atoms with E-state index in [4.69, 9.17) is 0 Å². The molecule has 0 saturated heterocycles. The molecule has 16 heavy (non-hydrogen) atoms. The van der Waals surface area contributed by atoms with Crippen LogP contribution in [-0.2, 0) is 0 Å². The topological polar surface area (TPSA) is 20.2 Å². The zero-order valence-electron chi connectivity index (χ0n) is 9.91. The van der Waals surface area contributed by atoms with Gasteiger partial charge < -0.3 is 5.11 Å². The van der Waals surface area contributed by atoms with Crippen LogP contribution < -0.4 is 0 Å². The van der Waals surface area contributed by atoms with Gasteiger partial charge in [-0.2, -0.15) is 0 Å². The zero-order chi connectivity index (χ0) is 11.8. The highest BCUT2D eigenvalue weighted by molar-refractivity contribution is 9.10. The lowest BCUT2D eigenvalue weighted by Crippen LogP contribution is -2.50. The summed E-state index contributed by atoms with van der Waals surface area (Å²) in [4.78, 5) is 0. The fourth-order valence-corrected chi connectivity index (χ4v) is 3.59. The van der Waals surface area contributed by atoms with Gasteiger partial charge in [-0.05, 0) is 42.9 Å². The second kappa shape index (κ2) is 4.50. The zero-order valence-corrected chi connectivity index (χ0v) is 11.5. The molecule has 0 amide bonds. The largest absolute Gasteiger partial charge is 0.393 e. The fourth-order valence-electron chi connectivity index (χ4n) is 3.17. The molecule has 2 unspecified atom stereocenters. The molecular formula is C14H19BrO. The molecule has 1 saturated carbocycles. The van der Waals surface area contributed by atoms with Crippen molar-refractivity contribution in [2.45, 2.75) is 45.1 Å². The Kier molecular flexibility index (Phi) is 3.41. The number of rotatable bonds is 3. The fraction of sp³-hybridized carbons (Fsp3) is 0.571. The molecule has 2 rings (SSSR count). The lowest BCUT2D eigenvalue weighted by Gasteiger charge is -2.54. The molecule has 1 aliphatic rings. The highest BCUT2D eigenvalue weighted by atomic mass is 79.9. The second-order valence-electron chi connectivity index (χ2n) is 4.80. The number of hydrogen-bond donors (Lipinski definition) is 1. The van der Waals surface area contributed by atoms with Crippen molar-refractivity contribution in [3.63, 3.8) is 0 Å². The maximum absolute atomic E-state index is 10.0. The van der Waals surface area contributed by atoms with Crippen molar-refractivity contribution in [3.8, 4) is 0 Å². The average Bonchev–Trinajstić information content (AvgIpc) is 2.27. The third-order valence-electron chi connectivity index (χ3n) is 4.38. The van der Waals surface area contributed by atoms with Crippen LogP contribution in [0.2, 0.25) is 0 Å². The number of hydrogen-bond acceptors (Lipinski definition) is 1. The summed E-state index contributed by atoms with van der Waals surface area (Å²) in [5.41, 5.74) is 1.48. The summed E-state index contributed by atoms with van der Waals surface area (Å²) in [5, 5.41) is 10.0. The Morgan fingerprint density at radius 3 is 2.56 bits per heavy atom. The van der Waals surface area contributed by atoms with Gasteiger partial charge in [0.15, 0.2) is 0 Å². The summed E-state index contributed by atoms with van der Waals surface area (Å²) in [6, 6.07) is 8.51. The van der Waals surface area contributed by atoms with Crippen LogP contribution in [0.15, 0.2) is 28.7 Å². The van der Waals surface area contributed by atoms with Gasteiger partial charge in [0, 0.05) is 9.89 Å². The third-order valence-corrected chi connectivity index (χ3v) is 4.88. The van der Waals surface area contributed by atoms with Crippen molar-refractivity contribution in [2.24, 2.45) is 5.41 Å². The van der Waals surface area contributed by atoms with Crippen molar-refractivity contribution in [3.05, 3.63) is 34.3 Å². The smallest absolute Gasteiger partial charge is 0.0608 e. The Hall–Kier alpha value is -0.340. The average molecular weight is 283 g/mol. The van der Waals surface area contributed by atoms with Gasteiger partial charge in [-0.3, -0.25) is 0 Å². The van der Waals surface area contributed by atoms with Crippen LogP contribution in [0.25, 0.3) is 0 Å². The minimum absolute atomic E-state index is 0.112. The number of aliphatic hydroxyl groups excluding tert-OH is 1. The number of benzene rings is 1. The van der Waals surface area contributed by atoms with E-state index in [1.54, 1.807) is 0 Å². The molecule has 1 nitrogen and oxygen atoms in total. The molecule has 0 aromatic heterocycles. The molecule has 0 heterocycles. The van der Waals surface area contributed by atoms with E-state index in [0.717, 1.165) is 23.7 Å². The first-order valence-corrected chi connectivity index (χ1v) is 6.87. The van der Waals surface area contributed by atoms with Crippen molar-refractivity contribution < 1.29 is 5.11 Å². The van der Waals surface area contributed by atoms with E-state index in [0.29, 0.717) is 5.92 Å². The highest BCUT2D eigenvalue weighted by Crippen LogP contribution is 2.57. The van der Waals surface area contributed by atoms with Crippen LogP contribution in [0.3, 0.4) is 0 Å². The van der Waals surface area contributed by atoms with Crippen LogP contribution in [-0.4, -0.2) is 11.2 Å². The minimum atomic E-state index is -0.119. The van der Waals surface area contributed by atoms with Gasteiger partial charge in [-0.1, -0.05) is 41.9 Å². The standard InChI is InChI=1S/C14H19BrO/c1-3-14(4-2)12(9-13(14)16)10-6-5-7-11(15)8-10/h5-8,12-13,16H,3-4,9H2,1-2H3. The van der Waals surface area contributed by atoms with E-state index < -0.39 is 0 Å². The molecule has 0 radical (unpaired) electrons. The first-order valence-electron chi connectivity index (χ1n) is 6.07. The lowest BCUT2D eigenvalue weighted by molar-refractivity contribution is -0.0932. The maximum atomic E-state index is 10.0. The van der Waals surface area contributed by atoms with Gasteiger partial charge in [-0.25, -0.2) is 0 Å². The van der Waals surface area contributed by atoms with Gasteiger partial charge in [0.05, 0.1) is 6.10 Å². The van der Waals surface area contributed by atoms with Gasteiger partial charge in [-0.15, -0.1) is 0 Å². The Morgan fingerprint density at radius 2 is 2.06 bits per heavy atom. The Labute approximate surface area is 106 Å². The second-order valence-corrected chi connectivity index (χ2v) is 5.72. The number of aliphatic hydroxyl groups is 1. The van der Waals surface area contributed by atoms with E-state index in [2.05, 4.69) is 54.0 Å². The van der Waals surface area contributed by atoms with Crippen LogP contribution in [0.5, 0.6) is 0 Å². The summed E-state index contributed by atoms with van der Waals surface area (Å²) in [5.74, 6) is 0.523. The van der Waals surface area contributed by atoms with Crippen LogP contribution in [0.1, 0.15) is 44.6 Å². The van der Waals surface area contributed by atoms with E-state index >= 15 is 0 Å². The SMILES string of the molecule is CCC1(CC)C(O)CC1c1cccc(Br)c1. The highest BCUT2D eigenvalue weighted by Gasteiger charge is 2.52. The Bertz CT molecular complexity index is 371. The quantitative estimate of drug-likeness (QED) is 0.885. The van der Waals surface area contributed by atoms with Gasteiger partial charge in [0.2, 0.25) is 0 Å². The summed E-state index contributed by atoms with van der Waals surface area (Å²) < 4.78 is 1.13. The van der Waals surface area contributed by atoms with E-state index in [1.165, 1.54) is 5.56 Å². The molecule has 1 aliphatic carbocycles. The summed E-state index contributed by atoms with van der Waals surface area (Å²) in [7, 11) is 0. The summed E-state index contributed by atoms with van der Waals surface area (Å²) in [6.07, 6.45) is 2.91. The molecule has 0 bridgehead atoms. The van der Waals surface area contributed by atoms with Crippen molar-refractivity contribution in [1.29, 1.82) is 0 Å². The molecule has 1 fully saturated rings. The molecule has 0 spiro atoms. The van der Waals surface area contributed by atoms with Gasteiger partial charge >= 0.3 is 0 Å². The Balaban J connectivity index is 2.29. The van der Waals surface area contributed by atoms with E-state index in [1.807, 2.05) is 0 Å². The summed E-state index contributed by atoms with van der Waals surface area (Å²) >= 11 is 3.52. The molecular weight excluding hydrogens is 264 g/mol. The molecule has 1 N–H and O–H groups in total. The van der Waals surface area contributed by atoms with Gasteiger partial charge in [0.25, 0.3) is 0 Å².